The van der Waals surface area contributed by atoms with Crippen LogP contribution in [0.2, 0.25) is 0 Å². The van der Waals surface area contributed by atoms with Crippen molar-refractivity contribution < 1.29 is 97.4 Å². The van der Waals surface area contributed by atoms with Crippen LogP contribution in [0.15, 0.2) is 231 Å². The number of alkyl halides is 12. The van der Waals surface area contributed by atoms with E-state index in [1.165, 1.54) is 31.8 Å². The van der Waals surface area contributed by atoms with Crippen LogP contribution >= 0.6 is 15.8 Å². The second kappa shape index (κ2) is 28.6. The fourth-order valence-corrected chi connectivity index (χ4v) is 12.9. The van der Waals surface area contributed by atoms with Crippen LogP contribution < -0.4 is 31.8 Å². The fraction of sp³-hybridized carbons (Fsp3) is 0.0769. The molecule has 0 saturated carbocycles. The van der Waals surface area contributed by atoms with Crippen molar-refractivity contribution in [1.82, 2.24) is 38.8 Å². The molecule has 412 valence electrons. The van der Waals surface area contributed by atoms with Crippen LogP contribution in [-0.2, 0) is 69.5 Å². The summed E-state index contributed by atoms with van der Waals surface area (Å²) in [6, 6.07) is 68.0. The van der Waals surface area contributed by atoms with Gasteiger partial charge in [-0.05, 0) is 122 Å². The molecule has 8 nitrogen and oxygen atoms in total. The van der Waals surface area contributed by atoms with Gasteiger partial charge in [0, 0.05) is 0 Å². The Bertz CT molecular complexity index is 2790. The first-order chi connectivity index (χ1) is 36.2. The Kier molecular flexibility index (Phi) is 23.0. The van der Waals surface area contributed by atoms with Gasteiger partial charge in [-0.15, -0.1) is 0 Å². The van der Waals surface area contributed by atoms with E-state index in [1.807, 2.05) is 0 Å². The third-order valence-corrected chi connectivity index (χ3v) is 16.7. The van der Waals surface area contributed by atoms with Gasteiger partial charge >= 0.3 is 69.5 Å². The standard InChI is InChI=1S/2C18H15P.2C8H6BF6N4.2Ag/c2*1-4-10-16(11-5-1)19(17-12-6-2-7-13-17)18-14-8-3-9-15-18;2*10-7(11,12)5-1-3-18(16-5)9-19-4-2-6(17-19)8(13,14)15;;/h2*1-15H;2*1-4H,9H2;;/q;;2*-1;2*+1/p+2. The first-order valence-corrected chi connectivity index (χ1v) is 26.2. The Morgan fingerprint density at radius 3 is 0.538 bits per heavy atom. The molecule has 78 heavy (non-hydrogen) atoms. The summed E-state index contributed by atoms with van der Waals surface area (Å²) in [5, 5.41) is 21.6. The van der Waals surface area contributed by atoms with E-state index >= 15 is 0 Å². The third-order valence-electron chi connectivity index (χ3n) is 11.2. The van der Waals surface area contributed by atoms with E-state index in [2.05, 4.69) is 202 Å². The minimum Gasteiger partial charge on any atom is -0.428 e. The normalized spacial score (nSPS) is 11.5. The van der Waals surface area contributed by atoms with E-state index in [4.69, 9.17) is 0 Å². The number of halogens is 12. The molecule has 0 aliphatic carbocycles. The summed E-state index contributed by atoms with van der Waals surface area (Å²) >= 11 is 0. The maximum atomic E-state index is 12.3. The van der Waals surface area contributed by atoms with E-state index in [9.17, 15) is 52.7 Å². The van der Waals surface area contributed by atoms with E-state index < -0.39 is 78.4 Å². The number of rotatable bonds is 10. The van der Waals surface area contributed by atoms with Gasteiger partial charge in [0.05, 0.1) is 15.8 Å². The number of aromatic nitrogens is 8. The van der Waals surface area contributed by atoms with Crippen molar-refractivity contribution in [2.75, 3.05) is 0 Å². The van der Waals surface area contributed by atoms with Gasteiger partial charge in [0.15, 0.2) is 37.9 Å². The molecule has 0 bridgehead atoms. The average molecular weight is 1310 g/mol. The van der Waals surface area contributed by atoms with Crippen molar-refractivity contribution in [1.29, 1.82) is 0 Å². The number of hydrogen-bond acceptors (Lipinski definition) is 4. The van der Waals surface area contributed by atoms with E-state index in [-0.39, 0.29) is 44.8 Å². The summed E-state index contributed by atoms with van der Waals surface area (Å²) in [7, 11) is -4.88. The largest absolute Gasteiger partial charge is 1.00 e. The summed E-state index contributed by atoms with van der Waals surface area (Å²) in [4.78, 5) is 0. The Balaban J connectivity index is 0.000000190. The zero-order valence-corrected chi connectivity index (χ0v) is 45.6. The summed E-state index contributed by atoms with van der Waals surface area (Å²) in [5.74, 6) is 0. The monoisotopic (exact) mass is 1310 g/mol. The van der Waals surface area contributed by atoms with Gasteiger partial charge < -0.3 is 18.4 Å². The van der Waals surface area contributed by atoms with Gasteiger partial charge in [0.2, 0.25) is 0 Å². The molecule has 6 aromatic carbocycles. The van der Waals surface area contributed by atoms with Crippen molar-refractivity contribution in [2.24, 2.45) is 0 Å². The molecule has 0 amide bonds. The summed E-state index contributed by atoms with van der Waals surface area (Å²) < 4.78 is 151. The minimum atomic E-state index is -4.57. The molecule has 0 unspecified atom stereocenters. The molecule has 0 aliphatic rings. The van der Waals surface area contributed by atoms with Crippen molar-refractivity contribution in [2.45, 2.75) is 24.7 Å². The maximum Gasteiger partial charge on any atom is 1.00 e. The maximum absolute atomic E-state index is 12.3. The molecule has 4 heterocycles. The fourth-order valence-electron chi connectivity index (χ4n) is 7.76. The second-order valence-electron chi connectivity index (χ2n) is 16.8. The molecule has 0 atom stereocenters. The predicted octanol–water partition coefficient (Wildman–Crippen LogP) is 9.37. The van der Waals surface area contributed by atoms with Gasteiger partial charge in [0.25, 0.3) is 0 Å². The first kappa shape index (κ1) is 62.6. The van der Waals surface area contributed by atoms with E-state index in [1.54, 1.807) is 0 Å². The number of nitrogens with zero attached hydrogens (tertiary/aromatic N) is 8. The van der Waals surface area contributed by atoms with Gasteiger partial charge in [-0.1, -0.05) is 109 Å². The van der Waals surface area contributed by atoms with Crippen LogP contribution in [-0.4, -0.2) is 53.9 Å². The molecule has 10 aromatic rings. The van der Waals surface area contributed by atoms with Crippen molar-refractivity contribution in [3.63, 3.8) is 0 Å². The topological polar surface area (TPSA) is 71.3 Å². The van der Waals surface area contributed by atoms with Crippen LogP contribution in [0.5, 0.6) is 0 Å². The smallest absolute Gasteiger partial charge is 0.428 e. The predicted molar refractivity (Wildman–Crippen MR) is 281 cm³/mol. The van der Waals surface area contributed by atoms with Crippen LogP contribution in [0.4, 0.5) is 52.7 Å². The van der Waals surface area contributed by atoms with Crippen molar-refractivity contribution in [3.8, 4) is 0 Å². The van der Waals surface area contributed by atoms with E-state index in [0.717, 1.165) is 67.4 Å². The van der Waals surface area contributed by atoms with Crippen LogP contribution in [0.1, 0.15) is 22.8 Å². The molecule has 0 N–H and O–H groups in total. The Labute approximate surface area is 474 Å². The zero-order chi connectivity index (χ0) is 54.4. The van der Waals surface area contributed by atoms with Crippen molar-refractivity contribution >= 4 is 62.8 Å². The molecule has 10 rings (SSSR count). The molecule has 0 saturated heterocycles. The Morgan fingerprint density at radius 1 is 0.256 bits per heavy atom. The Hall–Kier alpha value is -6.21. The zero-order valence-electron chi connectivity index (χ0n) is 40.7. The molecule has 0 radical (unpaired) electrons. The second-order valence-corrected chi connectivity index (χ2v) is 21.8. The molecule has 0 aliphatic heterocycles. The number of hydrogen-bond donors (Lipinski definition) is 0. The van der Waals surface area contributed by atoms with Crippen molar-refractivity contribution in [3.05, 3.63) is 254 Å². The SMILES string of the molecule is FC(F)(F)c1ccn([BH2-]n2ccc(C(F)(F)F)n2)n1.FC(F)(F)c1ccn([BH2-]n2ccc(C(F)(F)F)n2)n1.[Ag+].[Ag+].c1ccc([PH+](c2ccccc2)c2ccccc2)cc1.c1ccc([PH+](c2ccccc2)c2ccccc2)cc1. The summed E-state index contributed by atoms with van der Waals surface area (Å²) in [5.41, 5.74) is -4.34. The van der Waals surface area contributed by atoms with Crippen LogP contribution in [0, 0.1) is 0 Å². The molecule has 0 spiro atoms. The minimum absolute atomic E-state index is 0. The summed E-state index contributed by atoms with van der Waals surface area (Å²) in [6.45, 7) is 0. The quantitative estimate of drug-likeness (QED) is 0.0779. The van der Waals surface area contributed by atoms with Crippen LogP contribution in [0.25, 0.3) is 0 Å². The number of benzene rings is 6. The summed E-state index contributed by atoms with van der Waals surface area (Å²) in [6.07, 6.45) is -14.0. The van der Waals surface area contributed by atoms with Gasteiger partial charge in [-0.2, -0.15) is 52.7 Å². The van der Waals surface area contributed by atoms with Gasteiger partial charge in [-0.3, -0.25) is 0 Å². The Morgan fingerprint density at radius 2 is 0.410 bits per heavy atom. The molecular weight excluding hydrogens is 1260 g/mol. The third kappa shape index (κ3) is 18.5. The van der Waals surface area contributed by atoms with Gasteiger partial charge in [-0.25, -0.2) is 20.4 Å². The van der Waals surface area contributed by atoms with E-state index in [0.29, 0.717) is 0 Å². The first-order valence-electron chi connectivity index (χ1n) is 23.2. The molecule has 0 fully saturated rings. The molecule has 26 heteroatoms. The molecular formula is C52H44Ag2B2F12N8P2+2. The van der Waals surface area contributed by atoms with Crippen LogP contribution in [0.3, 0.4) is 0 Å². The van der Waals surface area contributed by atoms with Gasteiger partial charge in [0.1, 0.15) is 31.8 Å². The molecule has 4 aromatic heterocycles. The average Bonchev–Trinajstić information content (AvgIpc) is 4.26.